The van der Waals surface area contributed by atoms with Crippen LogP contribution in [0.2, 0.25) is 0 Å². The number of ether oxygens (including phenoxy) is 1. The molecule has 1 amide bonds. The van der Waals surface area contributed by atoms with E-state index in [1.54, 1.807) is 42.2 Å². The summed E-state index contributed by atoms with van der Waals surface area (Å²) in [5.41, 5.74) is 1.49. The monoisotopic (exact) mass is 482 g/mol. The van der Waals surface area contributed by atoms with Gasteiger partial charge in [0, 0.05) is 13.1 Å². The fraction of sp³-hybridized carbons (Fsp3) is 0.417. The molecule has 0 unspecified atom stereocenters. The van der Waals surface area contributed by atoms with Crippen molar-refractivity contribution in [1.29, 1.82) is 5.26 Å². The minimum absolute atomic E-state index is 0.0927. The first-order chi connectivity index (χ1) is 16.3. The molecule has 0 spiro atoms. The van der Waals surface area contributed by atoms with Crippen LogP contribution in [-0.4, -0.2) is 44.5 Å². The summed E-state index contributed by atoms with van der Waals surface area (Å²) < 4.78 is 32.3. The number of sulfonamides is 1. The van der Waals surface area contributed by atoms with Crippen molar-refractivity contribution in [3.63, 3.8) is 0 Å². The Morgan fingerprint density at radius 1 is 1.21 bits per heavy atom. The van der Waals surface area contributed by atoms with Gasteiger partial charge in [-0.3, -0.25) is 9.52 Å². The molecule has 9 nitrogen and oxygen atoms in total. The molecule has 2 aliphatic rings. The number of esters is 1. The minimum Gasteiger partial charge on any atom is -0.459 e. The van der Waals surface area contributed by atoms with Crippen LogP contribution in [0.5, 0.6) is 0 Å². The molecule has 2 aromatic rings. The molecule has 10 heteroatoms. The van der Waals surface area contributed by atoms with E-state index in [-0.39, 0.29) is 36.1 Å². The number of carbonyl (C=O) groups is 2. The van der Waals surface area contributed by atoms with Gasteiger partial charge < -0.3 is 9.64 Å². The van der Waals surface area contributed by atoms with Gasteiger partial charge in [0.15, 0.2) is 0 Å². The van der Waals surface area contributed by atoms with Gasteiger partial charge in [-0.25, -0.2) is 18.2 Å². The zero-order valence-corrected chi connectivity index (χ0v) is 19.7. The van der Waals surface area contributed by atoms with Gasteiger partial charge in [-0.15, -0.1) is 0 Å². The molecule has 1 aliphatic heterocycles. The highest BCUT2D eigenvalue weighted by Crippen LogP contribution is 2.29. The van der Waals surface area contributed by atoms with Crippen molar-refractivity contribution in [3.05, 3.63) is 58.8 Å². The molecule has 1 aromatic carbocycles. The maximum absolute atomic E-state index is 12.6. The lowest BCUT2D eigenvalue weighted by molar-refractivity contribution is -0.123. The van der Waals surface area contributed by atoms with Crippen molar-refractivity contribution in [2.75, 3.05) is 18.0 Å². The van der Waals surface area contributed by atoms with Gasteiger partial charge in [0.25, 0.3) is 0 Å². The van der Waals surface area contributed by atoms with E-state index in [9.17, 15) is 23.3 Å². The molecular formula is C24H26N4O5S. The van der Waals surface area contributed by atoms with Gasteiger partial charge in [0.05, 0.1) is 28.5 Å². The summed E-state index contributed by atoms with van der Waals surface area (Å²) in [7, 11) is -3.82. The summed E-state index contributed by atoms with van der Waals surface area (Å²) in [6.45, 7) is 2.12. The van der Waals surface area contributed by atoms with Crippen molar-refractivity contribution in [2.24, 2.45) is 5.92 Å². The number of hydrogen-bond donors (Lipinski definition) is 1. The highest BCUT2D eigenvalue weighted by Gasteiger charge is 2.37. The third-order valence-corrected chi connectivity index (χ3v) is 7.34. The number of carbonyl (C=O) groups excluding carboxylic acids is 2. The number of benzene rings is 1. The lowest BCUT2D eigenvalue weighted by Crippen LogP contribution is -2.55. The fourth-order valence-corrected chi connectivity index (χ4v) is 5.40. The molecule has 0 atom stereocenters. The first kappa shape index (κ1) is 23.7. The molecule has 1 N–H and O–H groups in total. The highest BCUT2D eigenvalue weighted by atomic mass is 32.2. The first-order valence-corrected chi connectivity index (χ1v) is 12.9. The van der Waals surface area contributed by atoms with Crippen molar-refractivity contribution in [3.8, 4) is 6.07 Å². The van der Waals surface area contributed by atoms with Gasteiger partial charge in [0.2, 0.25) is 15.9 Å². The molecule has 0 radical (unpaired) electrons. The largest absolute Gasteiger partial charge is 0.459 e. The number of rotatable bonds is 7. The van der Waals surface area contributed by atoms with Crippen molar-refractivity contribution in [2.45, 2.75) is 44.5 Å². The van der Waals surface area contributed by atoms with E-state index in [4.69, 9.17) is 4.74 Å². The van der Waals surface area contributed by atoms with E-state index in [0.717, 1.165) is 25.7 Å². The van der Waals surface area contributed by atoms with Gasteiger partial charge in [-0.2, -0.15) is 5.26 Å². The number of nitrogens with zero attached hydrogens (tertiary/aromatic N) is 3. The third-order valence-electron chi connectivity index (χ3n) is 6.12. The van der Waals surface area contributed by atoms with Crippen LogP contribution < -0.4 is 9.62 Å². The van der Waals surface area contributed by atoms with Crippen LogP contribution in [0, 0.1) is 24.2 Å². The molecule has 34 heavy (non-hydrogen) atoms. The Morgan fingerprint density at radius 3 is 2.53 bits per heavy atom. The lowest BCUT2D eigenvalue weighted by atomic mass is 9.98. The molecule has 0 bridgehead atoms. The summed E-state index contributed by atoms with van der Waals surface area (Å²) >= 11 is 0. The van der Waals surface area contributed by atoms with Crippen LogP contribution in [0.4, 0.5) is 5.82 Å². The number of aromatic nitrogens is 1. The molecule has 2 fully saturated rings. The van der Waals surface area contributed by atoms with Crippen molar-refractivity contribution < 1.29 is 22.7 Å². The van der Waals surface area contributed by atoms with Crippen molar-refractivity contribution >= 4 is 27.7 Å². The Balaban J connectivity index is 1.38. The summed E-state index contributed by atoms with van der Waals surface area (Å²) in [4.78, 5) is 31.2. The van der Waals surface area contributed by atoms with Gasteiger partial charge >= 0.3 is 5.97 Å². The smallest absolute Gasteiger partial charge is 0.340 e. The van der Waals surface area contributed by atoms with E-state index < -0.39 is 27.8 Å². The predicted octanol–water partition coefficient (Wildman–Crippen LogP) is 2.44. The average molecular weight is 483 g/mol. The van der Waals surface area contributed by atoms with Crippen LogP contribution in [0.1, 0.15) is 52.9 Å². The van der Waals surface area contributed by atoms with Crippen LogP contribution in [0.3, 0.4) is 0 Å². The van der Waals surface area contributed by atoms with E-state index in [2.05, 4.69) is 15.8 Å². The number of nitriles is 1. The maximum Gasteiger partial charge on any atom is 0.340 e. The minimum atomic E-state index is -3.82. The molecule has 1 aliphatic carbocycles. The molecule has 4 rings (SSSR count). The maximum atomic E-state index is 12.6. The van der Waals surface area contributed by atoms with E-state index in [0.29, 0.717) is 17.1 Å². The Bertz CT molecular complexity index is 1230. The number of amides is 1. The summed E-state index contributed by atoms with van der Waals surface area (Å²) in [5.74, 6) is -1.53. The van der Waals surface area contributed by atoms with Crippen molar-refractivity contribution in [1.82, 2.24) is 9.71 Å². The average Bonchev–Trinajstić information content (AvgIpc) is 3.25. The molecular weight excluding hydrogens is 456 g/mol. The number of pyridine rings is 1. The van der Waals surface area contributed by atoms with Crippen LogP contribution in [-0.2, 0) is 25.3 Å². The number of anilines is 1. The van der Waals surface area contributed by atoms with Gasteiger partial charge in [-0.1, -0.05) is 30.3 Å². The molecule has 178 valence electrons. The molecule has 1 saturated heterocycles. The molecule has 1 saturated carbocycles. The number of nitrogens with one attached hydrogen (secondary N) is 1. The van der Waals surface area contributed by atoms with Crippen LogP contribution in [0.25, 0.3) is 0 Å². The quantitative estimate of drug-likeness (QED) is 0.596. The first-order valence-electron chi connectivity index (χ1n) is 11.2. The number of hydrogen-bond acceptors (Lipinski definition) is 8. The third kappa shape index (κ3) is 5.37. The zero-order valence-electron chi connectivity index (χ0n) is 18.9. The Hall–Kier alpha value is -3.45. The topological polar surface area (TPSA) is 129 Å². The molecule has 1 aromatic heterocycles. The standard InChI is InChI=1S/C24H26N4O5S/c1-16-21(24(30)33-20-9-5-6-10-20)11-18(12-25)22(26-16)28-13-19(14-28)23(29)27-34(31,32)15-17-7-3-2-4-8-17/h2-4,7-8,11,19-20H,5-6,9-10,13-15H2,1H3,(H,27,29). The molecule has 2 heterocycles. The van der Waals surface area contributed by atoms with Gasteiger partial charge in [0.1, 0.15) is 18.0 Å². The van der Waals surface area contributed by atoms with Crippen LogP contribution >= 0.6 is 0 Å². The highest BCUT2D eigenvalue weighted by molar-refractivity contribution is 7.89. The van der Waals surface area contributed by atoms with E-state index in [1.165, 1.54) is 6.07 Å². The van der Waals surface area contributed by atoms with Crippen LogP contribution in [0.15, 0.2) is 36.4 Å². The number of aryl methyl sites for hydroxylation is 1. The van der Waals surface area contributed by atoms with E-state index in [1.807, 2.05) is 0 Å². The lowest BCUT2D eigenvalue weighted by Gasteiger charge is -2.39. The predicted molar refractivity (Wildman–Crippen MR) is 124 cm³/mol. The summed E-state index contributed by atoms with van der Waals surface area (Å²) in [5, 5.41) is 9.61. The summed E-state index contributed by atoms with van der Waals surface area (Å²) in [6.07, 6.45) is 3.67. The summed E-state index contributed by atoms with van der Waals surface area (Å²) in [6, 6.07) is 12.2. The second-order valence-corrected chi connectivity index (χ2v) is 10.5. The second kappa shape index (κ2) is 9.81. The Kier molecular flexibility index (Phi) is 6.84. The Labute approximate surface area is 198 Å². The SMILES string of the molecule is Cc1nc(N2CC(C(=O)NS(=O)(=O)Cc3ccccc3)C2)c(C#N)cc1C(=O)OC1CCCC1. The normalized spacial score (nSPS) is 16.5. The van der Waals surface area contributed by atoms with Gasteiger partial charge in [-0.05, 0) is 44.2 Å². The Morgan fingerprint density at radius 2 is 1.88 bits per heavy atom. The fourth-order valence-electron chi connectivity index (χ4n) is 4.23. The second-order valence-electron chi connectivity index (χ2n) is 8.73. The van der Waals surface area contributed by atoms with E-state index >= 15 is 0 Å². The zero-order chi connectivity index (χ0) is 24.3.